The van der Waals surface area contributed by atoms with Crippen molar-refractivity contribution in [3.8, 4) is 11.8 Å². The molecule has 0 saturated heterocycles. The van der Waals surface area contributed by atoms with E-state index in [0.717, 1.165) is 12.8 Å². The maximum absolute atomic E-state index is 11.8. The molecule has 0 rings (SSSR count). The van der Waals surface area contributed by atoms with Crippen LogP contribution in [0.2, 0.25) is 0 Å². The molecule has 0 bridgehead atoms. The largest absolute Gasteiger partial charge is 0.366 e. The first kappa shape index (κ1) is 17.2. The number of unbranched alkanes of at least 4 members (excludes halogenated alkanes) is 3. The third kappa shape index (κ3) is 6.81. The van der Waals surface area contributed by atoms with E-state index >= 15 is 0 Å². The summed E-state index contributed by atoms with van der Waals surface area (Å²) in [6.07, 6.45) is 5.64. The van der Waals surface area contributed by atoms with Crippen molar-refractivity contribution in [3.05, 3.63) is 0 Å². The van der Waals surface area contributed by atoms with Crippen LogP contribution in [0, 0.1) is 17.3 Å². The molecule has 2 heteroatoms. The van der Waals surface area contributed by atoms with Crippen LogP contribution in [-0.2, 0) is 9.53 Å². The Labute approximate surface area is 112 Å². The molecule has 0 fully saturated rings. The van der Waals surface area contributed by atoms with Crippen molar-refractivity contribution in [2.75, 3.05) is 7.11 Å². The first-order valence-electron chi connectivity index (χ1n) is 6.88. The lowest BCUT2D eigenvalue weighted by Crippen LogP contribution is -2.26. The Bertz CT molecular complexity index is 314. The van der Waals surface area contributed by atoms with E-state index in [1.54, 1.807) is 7.11 Å². The molecule has 18 heavy (non-hydrogen) atoms. The van der Waals surface area contributed by atoms with Gasteiger partial charge in [-0.2, -0.15) is 0 Å². The molecule has 0 saturated carbocycles. The fourth-order valence-corrected chi connectivity index (χ4v) is 1.48. The number of ketones is 1. The summed E-state index contributed by atoms with van der Waals surface area (Å²) < 4.78 is 5.46. The van der Waals surface area contributed by atoms with Crippen molar-refractivity contribution in [2.45, 2.75) is 72.3 Å². The topological polar surface area (TPSA) is 26.3 Å². The Hall–Kier alpha value is -0.810. The summed E-state index contributed by atoms with van der Waals surface area (Å²) in [6, 6.07) is 0. The van der Waals surface area contributed by atoms with Gasteiger partial charge in [0.25, 0.3) is 0 Å². The van der Waals surface area contributed by atoms with Crippen molar-refractivity contribution < 1.29 is 9.53 Å². The quantitative estimate of drug-likeness (QED) is 0.406. The number of hydrogen-bond donors (Lipinski definition) is 0. The highest BCUT2D eigenvalue weighted by Crippen LogP contribution is 2.19. The number of hydrogen-bond acceptors (Lipinski definition) is 2. The number of ether oxygens (including phenoxy) is 1. The summed E-state index contributed by atoms with van der Waals surface area (Å²) >= 11 is 0. The Morgan fingerprint density at radius 1 is 1.11 bits per heavy atom. The highest BCUT2D eigenvalue weighted by molar-refractivity contribution is 5.99. The van der Waals surface area contributed by atoms with Crippen molar-refractivity contribution in [3.63, 3.8) is 0 Å². The van der Waals surface area contributed by atoms with E-state index in [9.17, 15) is 4.79 Å². The second-order valence-corrected chi connectivity index (χ2v) is 6.07. The number of methoxy groups -OCH3 is 1. The first-order valence-corrected chi connectivity index (χ1v) is 6.88. The van der Waals surface area contributed by atoms with E-state index < -0.39 is 11.0 Å². The number of rotatable bonds is 6. The number of carbonyl (C=O) groups excluding carboxylic acids is 1. The Balaban J connectivity index is 4.48. The molecule has 0 aromatic heterocycles. The molecule has 0 radical (unpaired) electrons. The minimum atomic E-state index is -0.491. The number of carbonyl (C=O) groups is 1. The summed E-state index contributed by atoms with van der Waals surface area (Å²) in [5, 5.41) is 0. The maximum atomic E-state index is 11.8. The van der Waals surface area contributed by atoms with Crippen molar-refractivity contribution in [2.24, 2.45) is 5.41 Å². The second-order valence-electron chi connectivity index (χ2n) is 6.07. The van der Waals surface area contributed by atoms with E-state index in [4.69, 9.17) is 4.74 Å². The van der Waals surface area contributed by atoms with Crippen LogP contribution in [0.1, 0.15) is 66.7 Å². The smallest absolute Gasteiger partial charge is 0.210 e. The minimum absolute atomic E-state index is 0.0284. The third-order valence-electron chi connectivity index (χ3n) is 3.08. The molecule has 0 aromatic rings. The zero-order valence-electron chi connectivity index (χ0n) is 12.9. The SMILES string of the molecule is CCCCCCC(C)(C#CC(=O)C(C)(C)C)OC. The highest BCUT2D eigenvalue weighted by atomic mass is 16.5. The first-order chi connectivity index (χ1) is 8.25. The van der Waals surface area contributed by atoms with Gasteiger partial charge >= 0.3 is 0 Å². The van der Waals surface area contributed by atoms with Gasteiger partial charge in [0.2, 0.25) is 5.78 Å². The van der Waals surface area contributed by atoms with Crippen LogP contribution < -0.4 is 0 Å². The van der Waals surface area contributed by atoms with Crippen LogP contribution in [0.25, 0.3) is 0 Å². The van der Waals surface area contributed by atoms with Gasteiger partial charge in [-0.3, -0.25) is 4.79 Å². The predicted molar refractivity (Wildman–Crippen MR) is 76.4 cm³/mol. The van der Waals surface area contributed by atoms with Gasteiger partial charge in [0.05, 0.1) is 0 Å². The molecular weight excluding hydrogens is 224 g/mol. The van der Waals surface area contributed by atoms with Gasteiger partial charge in [0, 0.05) is 12.5 Å². The van der Waals surface area contributed by atoms with Gasteiger partial charge in [0.1, 0.15) is 5.60 Å². The molecule has 0 aliphatic heterocycles. The normalized spacial score (nSPS) is 14.6. The lowest BCUT2D eigenvalue weighted by molar-refractivity contribution is -0.120. The molecule has 0 amide bonds. The second kappa shape index (κ2) is 7.59. The summed E-state index contributed by atoms with van der Waals surface area (Å²) in [5.41, 5.74) is -0.890. The van der Waals surface area contributed by atoms with Crippen molar-refractivity contribution in [1.29, 1.82) is 0 Å². The Kier molecular flexibility index (Phi) is 7.25. The molecule has 0 N–H and O–H groups in total. The molecule has 2 nitrogen and oxygen atoms in total. The molecular formula is C16H28O2. The summed E-state index contributed by atoms with van der Waals surface area (Å²) in [7, 11) is 1.66. The highest BCUT2D eigenvalue weighted by Gasteiger charge is 2.23. The third-order valence-corrected chi connectivity index (χ3v) is 3.08. The molecule has 0 aliphatic carbocycles. The molecule has 1 atom stereocenters. The number of Topliss-reactive ketones (excluding diaryl/α,β-unsaturated/α-hetero) is 1. The van der Waals surface area contributed by atoms with Crippen LogP contribution in [0.3, 0.4) is 0 Å². The van der Waals surface area contributed by atoms with E-state index in [2.05, 4.69) is 18.8 Å². The van der Waals surface area contributed by atoms with Crippen molar-refractivity contribution in [1.82, 2.24) is 0 Å². The van der Waals surface area contributed by atoms with Gasteiger partial charge in [-0.05, 0) is 25.7 Å². The molecule has 1 unspecified atom stereocenters. The predicted octanol–water partition coefficient (Wildman–Crippen LogP) is 3.98. The fourth-order valence-electron chi connectivity index (χ4n) is 1.48. The summed E-state index contributed by atoms with van der Waals surface area (Å²) in [5.74, 6) is 5.72. The molecule has 104 valence electrons. The van der Waals surface area contributed by atoms with E-state index in [1.165, 1.54) is 19.3 Å². The zero-order valence-corrected chi connectivity index (χ0v) is 12.9. The maximum Gasteiger partial charge on any atom is 0.210 e. The lowest BCUT2D eigenvalue weighted by atomic mass is 9.90. The fraction of sp³-hybridized carbons (Fsp3) is 0.812. The molecule has 0 heterocycles. The summed E-state index contributed by atoms with van der Waals surface area (Å²) in [4.78, 5) is 11.8. The van der Waals surface area contributed by atoms with Crippen LogP contribution in [0.15, 0.2) is 0 Å². The van der Waals surface area contributed by atoms with E-state index in [0.29, 0.717) is 0 Å². The molecule has 0 spiro atoms. The standard InChI is InChI=1S/C16H28O2/c1-7-8-9-10-12-16(5,18-6)13-11-14(17)15(2,3)4/h7-10,12H2,1-6H3. The lowest BCUT2D eigenvalue weighted by Gasteiger charge is -2.22. The van der Waals surface area contributed by atoms with Crippen molar-refractivity contribution >= 4 is 5.78 Å². The van der Waals surface area contributed by atoms with Crippen LogP contribution >= 0.6 is 0 Å². The van der Waals surface area contributed by atoms with E-state index in [-0.39, 0.29) is 5.78 Å². The van der Waals surface area contributed by atoms with Gasteiger partial charge in [-0.1, -0.05) is 52.9 Å². The average Bonchev–Trinajstić information content (AvgIpc) is 2.30. The Morgan fingerprint density at radius 2 is 1.72 bits per heavy atom. The zero-order chi connectivity index (χ0) is 14.2. The van der Waals surface area contributed by atoms with Gasteiger partial charge < -0.3 is 4.74 Å². The molecule has 0 aliphatic rings. The van der Waals surface area contributed by atoms with Gasteiger partial charge in [0.15, 0.2) is 0 Å². The monoisotopic (exact) mass is 252 g/mol. The van der Waals surface area contributed by atoms with Gasteiger partial charge in [-0.25, -0.2) is 0 Å². The van der Waals surface area contributed by atoms with Crippen LogP contribution in [-0.4, -0.2) is 18.5 Å². The summed E-state index contributed by atoms with van der Waals surface area (Å²) in [6.45, 7) is 9.80. The van der Waals surface area contributed by atoms with Crippen LogP contribution in [0.5, 0.6) is 0 Å². The Morgan fingerprint density at radius 3 is 2.17 bits per heavy atom. The minimum Gasteiger partial charge on any atom is -0.366 e. The van der Waals surface area contributed by atoms with E-state index in [1.807, 2.05) is 27.7 Å². The average molecular weight is 252 g/mol. The molecule has 0 aromatic carbocycles. The van der Waals surface area contributed by atoms with Gasteiger partial charge in [-0.15, -0.1) is 0 Å². The van der Waals surface area contributed by atoms with Crippen LogP contribution in [0.4, 0.5) is 0 Å².